The number of amides is 1. The first-order valence-corrected chi connectivity index (χ1v) is 7.16. The van der Waals surface area contributed by atoms with Gasteiger partial charge in [-0.1, -0.05) is 0 Å². The number of anilines is 2. The van der Waals surface area contributed by atoms with Gasteiger partial charge in [-0.05, 0) is 52.0 Å². The number of aromatic amines is 1. The van der Waals surface area contributed by atoms with Crippen molar-refractivity contribution in [2.24, 2.45) is 0 Å². The van der Waals surface area contributed by atoms with Crippen molar-refractivity contribution in [3.63, 3.8) is 0 Å². The lowest BCUT2D eigenvalue weighted by Crippen LogP contribution is -2.27. The molecule has 1 amide bonds. The maximum absolute atomic E-state index is 11.7. The van der Waals surface area contributed by atoms with Crippen LogP contribution in [-0.2, 0) is 11.3 Å². The lowest BCUT2D eigenvalue weighted by molar-refractivity contribution is 0.0636. The van der Waals surface area contributed by atoms with Crippen LogP contribution in [0.15, 0.2) is 30.5 Å². The Morgan fingerprint density at radius 1 is 1.23 bits per heavy atom. The van der Waals surface area contributed by atoms with E-state index in [1.54, 1.807) is 6.20 Å². The summed E-state index contributed by atoms with van der Waals surface area (Å²) in [5, 5.41) is 5.98. The number of H-pyrrole nitrogens is 1. The topological polar surface area (TPSA) is 79.0 Å². The molecule has 0 aliphatic carbocycles. The van der Waals surface area contributed by atoms with Crippen LogP contribution >= 0.6 is 0 Å². The summed E-state index contributed by atoms with van der Waals surface area (Å²) in [6, 6.07) is 7.45. The maximum Gasteiger partial charge on any atom is 0.412 e. The van der Waals surface area contributed by atoms with Gasteiger partial charge < -0.3 is 15.0 Å². The Morgan fingerprint density at radius 3 is 2.41 bits per heavy atom. The Morgan fingerprint density at radius 2 is 1.86 bits per heavy atom. The molecule has 3 N–H and O–H groups in total. The van der Waals surface area contributed by atoms with Gasteiger partial charge in [0.15, 0.2) is 0 Å². The van der Waals surface area contributed by atoms with Crippen LogP contribution in [0.25, 0.3) is 0 Å². The number of ether oxygens (including phenoxy) is 1. The molecular formula is C16H22N4O2. The van der Waals surface area contributed by atoms with Crippen LogP contribution in [0.1, 0.15) is 32.3 Å². The lowest BCUT2D eigenvalue weighted by Gasteiger charge is -2.19. The summed E-state index contributed by atoms with van der Waals surface area (Å²) in [6.45, 7) is 8.07. The smallest absolute Gasteiger partial charge is 0.412 e. The highest BCUT2D eigenvalue weighted by molar-refractivity contribution is 5.85. The molecule has 0 spiro atoms. The molecule has 1 heterocycles. The Bertz CT molecular complexity index is 626. The van der Waals surface area contributed by atoms with E-state index < -0.39 is 11.7 Å². The van der Waals surface area contributed by atoms with Crippen LogP contribution in [0.3, 0.4) is 0 Å². The second-order valence-electron chi connectivity index (χ2n) is 6.05. The number of carbonyl (C=O) groups excluding carboxylic acids is 1. The van der Waals surface area contributed by atoms with Gasteiger partial charge in [-0.3, -0.25) is 5.32 Å². The summed E-state index contributed by atoms with van der Waals surface area (Å²) >= 11 is 0. The Balaban J connectivity index is 1.86. The van der Waals surface area contributed by atoms with E-state index in [1.807, 2.05) is 52.0 Å². The van der Waals surface area contributed by atoms with Gasteiger partial charge in [0.2, 0.25) is 0 Å². The summed E-state index contributed by atoms with van der Waals surface area (Å²) in [5.41, 5.74) is 2.17. The van der Waals surface area contributed by atoms with Crippen molar-refractivity contribution in [1.82, 2.24) is 9.97 Å². The summed E-state index contributed by atoms with van der Waals surface area (Å²) in [7, 11) is 0. The molecule has 0 saturated carbocycles. The summed E-state index contributed by atoms with van der Waals surface area (Å²) in [5.74, 6) is 0.897. The first-order valence-electron chi connectivity index (χ1n) is 7.16. The molecule has 0 fully saturated rings. The zero-order valence-electron chi connectivity index (χ0n) is 13.4. The molecule has 0 aliphatic heterocycles. The quantitative estimate of drug-likeness (QED) is 0.805. The average Bonchev–Trinajstić information content (AvgIpc) is 2.81. The molecule has 2 aromatic rings. The van der Waals surface area contributed by atoms with E-state index in [2.05, 4.69) is 20.6 Å². The van der Waals surface area contributed by atoms with Crippen molar-refractivity contribution < 1.29 is 9.53 Å². The number of aryl methyl sites for hydroxylation is 1. The molecule has 0 bridgehead atoms. The monoisotopic (exact) mass is 302 g/mol. The molecule has 6 nitrogen and oxygen atoms in total. The first-order chi connectivity index (χ1) is 10.3. The number of nitrogens with zero attached hydrogens (tertiary/aromatic N) is 1. The second kappa shape index (κ2) is 6.51. The summed E-state index contributed by atoms with van der Waals surface area (Å²) < 4.78 is 5.20. The average molecular weight is 302 g/mol. The predicted molar refractivity (Wildman–Crippen MR) is 87.0 cm³/mol. The molecule has 118 valence electrons. The van der Waals surface area contributed by atoms with Crippen LogP contribution in [0, 0.1) is 6.92 Å². The van der Waals surface area contributed by atoms with Crippen molar-refractivity contribution in [3.05, 3.63) is 42.0 Å². The molecule has 0 unspecified atom stereocenters. The number of hydrogen-bond donors (Lipinski definition) is 3. The SMILES string of the molecule is Cc1ncc(CNc2ccc(NC(=O)OC(C)(C)C)cc2)[nH]1. The number of nitrogens with one attached hydrogen (secondary N) is 3. The fourth-order valence-corrected chi connectivity index (χ4v) is 1.85. The fraction of sp³-hybridized carbons (Fsp3) is 0.375. The highest BCUT2D eigenvalue weighted by Crippen LogP contribution is 2.16. The third kappa shape index (κ3) is 5.12. The zero-order valence-corrected chi connectivity index (χ0v) is 13.4. The van der Waals surface area contributed by atoms with Crippen LogP contribution in [0.4, 0.5) is 16.2 Å². The minimum atomic E-state index is -0.506. The van der Waals surface area contributed by atoms with E-state index in [4.69, 9.17) is 4.74 Å². The number of aromatic nitrogens is 2. The van der Waals surface area contributed by atoms with E-state index >= 15 is 0 Å². The normalized spacial score (nSPS) is 11.1. The molecule has 1 aromatic carbocycles. The van der Waals surface area contributed by atoms with Crippen LogP contribution in [0.2, 0.25) is 0 Å². The minimum Gasteiger partial charge on any atom is -0.444 e. The van der Waals surface area contributed by atoms with Gasteiger partial charge in [0.25, 0.3) is 0 Å². The predicted octanol–water partition coefficient (Wildman–Crippen LogP) is 3.68. The van der Waals surface area contributed by atoms with Crippen LogP contribution in [0.5, 0.6) is 0 Å². The van der Waals surface area contributed by atoms with Gasteiger partial charge in [0.05, 0.1) is 18.4 Å². The number of imidazole rings is 1. The number of hydrogen-bond acceptors (Lipinski definition) is 4. The van der Waals surface area contributed by atoms with E-state index in [1.165, 1.54) is 0 Å². The number of carbonyl (C=O) groups is 1. The number of benzene rings is 1. The van der Waals surface area contributed by atoms with Crippen molar-refractivity contribution in [2.45, 2.75) is 39.8 Å². The van der Waals surface area contributed by atoms with E-state index in [-0.39, 0.29) is 0 Å². The molecule has 0 radical (unpaired) electrons. The van der Waals surface area contributed by atoms with E-state index in [9.17, 15) is 4.79 Å². The fourth-order valence-electron chi connectivity index (χ4n) is 1.85. The first kappa shape index (κ1) is 15.9. The van der Waals surface area contributed by atoms with Gasteiger partial charge in [0, 0.05) is 11.4 Å². The van der Waals surface area contributed by atoms with Gasteiger partial charge in [-0.25, -0.2) is 9.78 Å². The number of rotatable bonds is 4. The largest absolute Gasteiger partial charge is 0.444 e. The van der Waals surface area contributed by atoms with Crippen molar-refractivity contribution in [1.29, 1.82) is 0 Å². The molecule has 22 heavy (non-hydrogen) atoms. The standard InChI is InChI=1S/C16H22N4O2/c1-11-17-9-14(19-11)10-18-12-5-7-13(8-6-12)20-15(21)22-16(2,3)4/h5-9,18H,10H2,1-4H3,(H,17,19)(H,20,21). The summed E-state index contributed by atoms with van der Waals surface area (Å²) in [6.07, 6.45) is 1.35. The Labute approximate surface area is 130 Å². The van der Waals surface area contributed by atoms with Gasteiger partial charge in [-0.15, -0.1) is 0 Å². The lowest BCUT2D eigenvalue weighted by atomic mass is 10.2. The van der Waals surface area contributed by atoms with Crippen LogP contribution in [-0.4, -0.2) is 21.7 Å². The minimum absolute atomic E-state index is 0.457. The third-order valence-electron chi connectivity index (χ3n) is 2.77. The van der Waals surface area contributed by atoms with Gasteiger partial charge in [-0.2, -0.15) is 0 Å². The van der Waals surface area contributed by atoms with Crippen molar-refractivity contribution >= 4 is 17.5 Å². The van der Waals surface area contributed by atoms with Crippen molar-refractivity contribution in [2.75, 3.05) is 10.6 Å². The summed E-state index contributed by atoms with van der Waals surface area (Å²) in [4.78, 5) is 19.0. The van der Waals surface area contributed by atoms with Crippen LogP contribution < -0.4 is 10.6 Å². The molecule has 6 heteroatoms. The van der Waals surface area contributed by atoms with E-state index in [0.717, 1.165) is 17.2 Å². The third-order valence-corrected chi connectivity index (χ3v) is 2.77. The van der Waals surface area contributed by atoms with Gasteiger partial charge in [0.1, 0.15) is 11.4 Å². The maximum atomic E-state index is 11.7. The zero-order chi connectivity index (χ0) is 16.2. The van der Waals surface area contributed by atoms with Gasteiger partial charge >= 0.3 is 6.09 Å². The molecule has 0 aliphatic rings. The van der Waals surface area contributed by atoms with Crippen molar-refractivity contribution in [3.8, 4) is 0 Å². The Hall–Kier alpha value is -2.50. The second-order valence-corrected chi connectivity index (χ2v) is 6.05. The molecule has 0 saturated heterocycles. The molecule has 0 atom stereocenters. The highest BCUT2D eigenvalue weighted by Gasteiger charge is 2.15. The van der Waals surface area contributed by atoms with E-state index in [0.29, 0.717) is 12.2 Å². The molecule has 1 aromatic heterocycles. The molecular weight excluding hydrogens is 280 g/mol. The Kier molecular flexibility index (Phi) is 4.70. The molecule has 2 rings (SSSR count). The highest BCUT2D eigenvalue weighted by atomic mass is 16.6.